The van der Waals surface area contributed by atoms with Gasteiger partial charge in [-0.1, -0.05) is 19.8 Å². The van der Waals surface area contributed by atoms with Gasteiger partial charge in [0.2, 0.25) is 0 Å². The van der Waals surface area contributed by atoms with Crippen molar-refractivity contribution in [3.63, 3.8) is 0 Å². The van der Waals surface area contributed by atoms with Crippen LogP contribution < -0.4 is 10.3 Å². The molecule has 1 atom stereocenters. The van der Waals surface area contributed by atoms with Gasteiger partial charge in [0.15, 0.2) is 5.82 Å². The molecule has 1 aliphatic rings. The molecule has 0 saturated heterocycles. The number of nitrogens with zero attached hydrogens (tertiary/aromatic N) is 5. The Hall–Kier alpha value is -3.46. The summed E-state index contributed by atoms with van der Waals surface area (Å²) in [7, 11) is 0. The number of tetrazole rings is 1. The normalized spacial score (nSPS) is 15.3. The van der Waals surface area contributed by atoms with Crippen molar-refractivity contribution in [3.8, 4) is 5.75 Å². The molecule has 9 nitrogen and oxygen atoms in total. The first-order valence-electron chi connectivity index (χ1n) is 12.5. The maximum absolute atomic E-state index is 13.1. The Morgan fingerprint density at radius 1 is 1.20 bits per heavy atom. The molecule has 0 unspecified atom stereocenters. The van der Waals surface area contributed by atoms with Crippen LogP contribution in [0.1, 0.15) is 75.2 Å². The van der Waals surface area contributed by atoms with Gasteiger partial charge in [-0.15, -0.1) is 5.10 Å². The van der Waals surface area contributed by atoms with Crippen molar-refractivity contribution in [1.82, 2.24) is 30.1 Å². The number of H-pyrrole nitrogens is 1. The van der Waals surface area contributed by atoms with Gasteiger partial charge in [-0.3, -0.25) is 9.69 Å². The van der Waals surface area contributed by atoms with E-state index >= 15 is 0 Å². The number of pyridine rings is 1. The summed E-state index contributed by atoms with van der Waals surface area (Å²) in [4.78, 5) is 18.3. The number of ether oxygens (including phenoxy) is 1. The fourth-order valence-electron chi connectivity index (χ4n) is 5.13. The molecule has 0 spiro atoms. The Morgan fingerprint density at radius 2 is 2.06 bits per heavy atom. The van der Waals surface area contributed by atoms with E-state index in [4.69, 9.17) is 9.15 Å². The van der Waals surface area contributed by atoms with Gasteiger partial charge in [-0.2, -0.15) is 0 Å². The summed E-state index contributed by atoms with van der Waals surface area (Å²) in [5.74, 6) is 2.47. The van der Waals surface area contributed by atoms with Crippen LogP contribution in [0.2, 0.25) is 0 Å². The Bertz CT molecular complexity index is 1310. The highest BCUT2D eigenvalue weighted by Gasteiger charge is 2.30. The zero-order valence-corrected chi connectivity index (χ0v) is 20.3. The smallest absolute Gasteiger partial charge is 0.252 e. The monoisotopic (exact) mass is 476 g/mol. The highest BCUT2D eigenvalue weighted by atomic mass is 16.5. The molecule has 4 aromatic rings. The summed E-state index contributed by atoms with van der Waals surface area (Å²) in [6.07, 6.45) is 7.07. The van der Waals surface area contributed by atoms with E-state index in [1.807, 2.05) is 48.0 Å². The predicted octanol–water partition coefficient (Wildman–Crippen LogP) is 4.77. The lowest BCUT2D eigenvalue weighted by Crippen LogP contribution is -2.32. The number of nitrogens with one attached hydrogen (secondary N) is 1. The van der Waals surface area contributed by atoms with Crippen LogP contribution in [0.5, 0.6) is 5.75 Å². The zero-order chi connectivity index (χ0) is 24.2. The fourth-order valence-corrected chi connectivity index (χ4v) is 5.13. The average Bonchev–Trinajstić information content (AvgIpc) is 3.63. The summed E-state index contributed by atoms with van der Waals surface area (Å²) >= 11 is 0. The van der Waals surface area contributed by atoms with Gasteiger partial charge >= 0.3 is 0 Å². The minimum atomic E-state index is -0.101. The molecule has 0 radical (unpaired) electrons. The third kappa shape index (κ3) is 5.00. The topological polar surface area (TPSA) is 102 Å². The molecule has 0 bridgehead atoms. The molecule has 1 aliphatic carbocycles. The van der Waals surface area contributed by atoms with Gasteiger partial charge in [0, 0.05) is 23.0 Å². The van der Waals surface area contributed by atoms with Gasteiger partial charge < -0.3 is 14.1 Å². The highest BCUT2D eigenvalue weighted by molar-refractivity contribution is 5.80. The number of aromatic nitrogens is 5. The first-order chi connectivity index (χ1) is 17.2. The number of hydrogen-bond acceptors (Lipinski definition) is 7. The lowest BCUT2D eigenvalue weighted by Gasteiger charge is -2.30. The van der Waals surface area contributed by atoms with Crippen LogP contribution in [0, 0.1) is 0 Å². The summed E-state index contributed by atoms with van der Waals surface area (Å²) in [5, 5.41) is 13.8. The zero-order valence-electron chi connectivity index (χ0n) is 20.3. The maximum Gasteiger partial charge on any atom is 0.252 e. The lowest BCUT2D eigenvalue weighted by atomic mass is 10.1. The first kappa shape index (κ1) is 23.3. The molecule has 1 fully saturated rings. The van der Waals surface area contributed by atoms with Crippen molar-refractivity contribution >= 4 is 10.9 Å². The van der Waals surface area contributed by atoms with Crippen LogP contribution in [0.25, 0.3) is 10.9 Å². The second-order valence-corrected chi connectivity index (χ2v) is 9.13. The largest absolute Gasteiger partial charge is 0.494 e. The van der Waals surface area contributed by atoms with Crippen LogP contribution in [0.3, 0.4) is 0 Å². The van der Waals surface area contributed by atoms with E-state index in [9.17, 15) is 4.79 Å². The molecule has 1 saturated carbocycles. The molecule has 35 heavy (non-hydrogen) atoms. The second-order valence-electron chi connectivity index (χ2n) is 9.13. The quantitative estimate of drug-likeness (QED) is 0.352. The third-order valence-electron chi connectivity index (χ3n) is 6.83. The van der Waals surface area contributed by atoms with Crippen LogP contribution >= 0.6 is 0 Å². The lowest BCUT2D eigenvalue weighted by molar-refractivity contribution is 0.146. The third-order valence-corrected chi connectivity index (χ3v) is 6.83. The summed E-state index contributed by atoms with van der Waals surface area (Å²) < 4.78 is 13.4. The molecular weight excluding hydrogens is 444 g/mol. The molecular formula is C26H32N6O3. The highest BCUT2D eigenvalue weighted by Crippen LogP contribution is 2.33. The molecule has 9 heteroatoms. The number of furan rings is 1. The van der Waals surface area contributed by atoms with Crippen molar-refractivity contribution in [2.45, 2.75) is 71.1 Å². The van der Waals surface area contributed by atoms with Gasteiger partial charge in [0.1, 0.15) is 11.5 Å². The van der Waals surface area contributed by atoms with Gasteiger partial charge in [-0.05, 0) is 73.0 Å². The fraction of sp³-hybridized carbons (Fsp3) is 0.462. The van der Waals surface area contributed by atoms with E-state index in [1.54, 1.807) is 6.26 Å². The Labute approximate surface area is 204 Å². The Kier molecular flexibility index (Phi) is 6.94. The first-order valence-corrected chi connectivity index (χ1v) is 12.5. The molecule has 1 aromatic carbocycles. The van der Waals surface area contributed by atoms with Gasteiger partial charge in [-0.25, -0.2) is 4.68 Å². The Balaban J connectivity index is 1.51. The van der Waals surface area contributed by atoms with Crippen LogP contribution in [0.15, 0.2) is 51.9 Å². The summed E-state index contributed by atoms with van der Waals surface area (Å²) in [6, 6.07) is 11.8. The van der Waals surface area contributed by atoms with E-state index in [1.165, 1.54) is 12.8 Å². The van der Waals surface area contributed by atoms with Crippen LogP contribution in [0.4, 0.5) is 0 Å². The van der Waals surface area contributed by atoms with Crippen molar-refractivity contribution in [2.24, 2.45) is 0 Å². The molecule has 184 valence electrons. The van der Waals surface area contributed by atoms with Crippen molar-refractivity contribution < 1.29 is 9.15 Å². The van der Waals surface area contributed by atoms with Crippen molar-refractivity contribution in [1.29, 1.82) is 0 Å². The summed E-state index contributed by atoms with van der Waals surface area (Å²) in [5.41, 5.74) is 1.37. The number of rotatable bonds is 10. The van der Waals surface area contributed by atoms with E-state index in [0.717, 1.165) is 47.5 Å². The van der Waals surface area contributed by atoms with E-state index in [0.29, 0.717) is 31.3 Å². The minimum absolute atomic E-state index is 0.0689. The molecule has 3 heterocycles. The number of hydrogen-bond donors (Lipinski definition) is 1. The Morgan fingerprint density at radius 3 is 2.80 bits per heavy atom. The maximum atomic E-state index is 13.1. The van der Waals surface area contributed by atoms with Crippen molar-refractivity contribution in [2.75, 3.05) is 6.61 Å². The average molecular weight is 477 g/mol. The van der Waals surface area contributed by atoms with E-state index < -0.39 is 0 Å². The van der Waals surface area contributed by atoms with E-state index in [2.05, 4.69) is 32.3 Å². The van der Waals surface area contributed by atoms with Crippen LogP contribution in [-0.2, 0) is 13.1 Å². The number of fused-ring (bicyclic) bond motifs is 1. The van der Waals surface area contributed by atoms with Gasteiger partial charge in [0.05, 0.1) is 31.5 Å². The molecule has 5 rings (SSSR count). The molecule has 0 aliphatic heterocycles. The molecule has 0 amide bonds. The summed E-state index contributed by atoms with van der Waals surface area (Å²) in [6.45, 7) is 5.65. The standard InChI is InChI=1S/C26H32N6O3/c1-3-24(25-28-29-30-32(25)20-8-5-6-9-20)31(17-22-10-7-13-35-22)16-19-14-18-15-21(34-4-2)11-12-23(18)27-26(19)33/h7,10-15,20,24H,3-6,8-9,16-17H2,1-2H3,(H,27,33)/t24-/m0/s1. The van der Waals surface area contributed by atoms with Crippen LogP contribution in [-0.4, -0.2) is 36.7 Å². The van der Waals surface area contributed by atoms with E-state index in [-0.39, 0.29) is 11.6 Å². The van der Waals surface area contributed by atoms with Gasteiger partial charge in [0.25, 0.3) is 5.56 Å². The predicted molar refractivity (Wildman–Crippen MR) is 132 cm³/mol. The number of benzene rings is 1. The minimum Gasteiger partial charge on any atom is -0.494 e. The SMILES string of the molecule is CCOc1ccc2[nH]c(=O)c(CN(Cc3ccco3)[C@@H](CC)c3nnnn3C3CCCC3)cc2c1. The number of aromatic amines is 1. The molecule has 3 aromatic heterocycles. The second kappa shape index (κ2) is 10.4. The molecule has 1 N–H and O–H groups in total. The van der Waals surface area contributed by atoms with Crippen molar-refractivity contribution in [3.05, 3.63) is 70.2 Å².